The van der Waals surface area contributed by atoms with Crippen molar-refractivity contribution in [3.8, 4) is 0 Å². The number of nitrogens with one attached hydrogen (secondary N) is 1. The average molecular weight is 269 g/mol. The Hall–Kier alpha value is -2.69. The lowest BCUT2D eigenvalue weighted by Crippen LogP contribution is -2.13. The zero-order valence-corrected chi connectivity index (χ0v) is 10.8. The van der Waals surface area contributed by atoms with Crippen LogP contribution in [0.25, 0.3) is 10.8 Å². The number of hydrogen-bond acceptors (Lipinski definition) is 2. The molecule has 1 heterocycles. The van der Waals surface area contributed by atoms with Gasteiger partial charge in [0.2, 0.25) is 0 Å². The van der Waals surface area contributed by atoms with Gasteiger partial charge in [-0.15, -0.1) is 0 Å². The van der Waals surface area contributed by atoms with Crippen molar-refractivity contribution in [1.82, 2.24) is 9.78 Å². The highest BCUT2D eigenvalue weighted by atomic mass is 19.1. The van der Waals surface area contributed by atoms with Crippen molar-refractivity contribution in [1.29, 1.82) is 0 Å². The second kappa shape index (κ2) is 4.77. The number of hydrogen-bond donors (Lipinski definition) is 1. The number of anilines is 1. The van der Waals surface area contributed by atoms with Crippen LogP contribution >= 0.6 is 0 Å². The molecule has 0 saturated carbocycles. The fraction of sp³-hybridized carbons (Fsp3) is 0.0667. The van der Waals surface area contributed by atoms with Crippen LogP contribution in [0.3, 0.4) is 0 Å². The molecule has 3 rings (SSSR count). The summed E-state index contributed by atoms with van der Waals surface area (Å²) in [6.45, 7) is 0. The Morgan fingerprint density at radius 2 is 1.90 bits per heavy atom. The standard InChI is InChI=1S/C15H12FN3O/c1-19-9-8-14(18-19)17-15(20)12-6-7-13(16)11-5-3-2-4-10(11)12/h2-9H,1H3,(H,17,18,20). The van der Waals surface area contributed by atoms with Crippen LogP contribution in [0.15, 0.2) is 48.7 Å². The van der Waals surface area contributed by atoms with Crippen molar-refractivity contribution in [2.24, 2.45) is 7.05 Å². The topological polar surface area (TPSA) is 46.9 Å². The first kappa shape index (κ1) is 12.3. The van der Waals surface area contributed by atoms with Crippen molar-refractivity contribution < 1.29 is 9.18 Å². The van der Waals surface area contributed by atoms with Crippen LogP contribution < -0.4 is 5.32 Å². The van der Waals surface area contributed by atoms with Gasteiger partial charge in [0, 0.05) is 30.3 Å². The van der Waals surface area contributed by atoms with Gasteiger partial charge in [0.15, 0.2) is 5.82 Å². The SMILES string of the molecule is Cn1ccc(NC(=O)c2ccc(F)c3ccccc23)n1. The zero-order valence-electron chi connectivity index (χ0n) is 10.8. The zero-order chi connectivity index (χ0) is 14.1. The molecule has 2 aromatic carbocycles. The number of rotatable bonds is 2. The van der Waals surface area contributed by atoms with E-state index < -0.39 is 0 Å². The molecule has 1 amide bonds. The summed E-state index contributed by atoms with van der Waals surface area (Å²) in [5.74, 6) is -0.180. The van der Waals surface area contributed by atoms with E-state index in [9.17, 15) is 9.18 Å². The Morgan fingerprint density at radius 1 is 1.15 bits per heavy atom. The van der Waals surface area contributed by atoms with E-state index in [1.807, 2.05) is 0 Å². The van der Waals surface area contributed by atoms with Gasteiger partial charge in [-0.25, -0.2) is 4.39 Å². The van der Waals surface area contributed by atoms with Crippen LogP contribution in [0.5, 0.6) is 0 Å². The van der Waals surface area contributed by atoms with E-state index in [2.05, 4.69) is 10.4 Å². The third kappa shape index (κ3) is 2.14. The van der Waals surface area contributed by atoms with Gasteiger partial charge in [0.05, 0.1) is 0 Å². The molecule has 0 atom stereocenters. The number of aryl methyl sites for hydroxylation is 1. The molecule has 3 aromatic rings. The Morgan fingerprint density at radius 3 is 2.60 bits per heavy atom. The van der Waals surface area contributed by atoms with Crippen LogP contribution in [0.2, 0.25) is 0 Å². The molecule has 0 aliphatic heterocycles. The van der Waals surface area contributed by atoms with Crippen molar-refractivity contribution in [3.63, 3.8) is 0 Å². The number of aromatic nitrogens is 2. The van der Waals surface area contributed by atoms with Crippen molar-refractivity contribution in [3.05, 3.63) is 60.0 Å². The highest BCUT2D eigenvalue weighted by molar-refractivity contribution is 6.12. The highest BCUT2D eigenvalue weighted by Crippen LogP contribution is 2.22. The minimum absolute atomic E-state index is 0.306. The van der Waals surface area contributed by atoms with E-state index in [0.29, 0.717) is 22.2 Å². The summed E-state index contributed by atoms with van der Waals surface area (Å²) < 4.78 is 15.3. The number of amides is 1. The highest BCUT2D eigenvalue weighted by Gasteiger charge is 2.13. The lowest BCUT2D eigenvalue weighted by Gasteiger charge is -2.07. The Kier molecular flexibility index (Phi) is 2.95. The number of carbonyl (C=O) groups is 1. The van der Waals surface area contributed by atoms with Gasteiger partial charge in [0.1, 0.15) is 5.82 Å². The number of nitrogens with zero attached hydrogens (tertiary/aromatic N) is 2. The van der Waals surface area contributed by atoms with Crippen molar-refractivity contribution in [2.45, 2.75) is 0 Å². The Bertz CT molecular complexity index is 795. The molecule has 0 radical (unpaired) electrons. The number of carbonyl (C=O) groups excluding carboxylic acids is 1. The predicted octanol–water partition coefficient (Wildman–Crippen LogP) is 2.96. The van der Waals surface area contributed by atoms with Crippen LogP contribution in [0.4, 0.5) is 10.2 Å². The normalized spacial score (nSPS) is 10.7. The molecule has 0 bridgehead atoms. The van der Waals surface area contributed by atoms with Gasteiger partial charge >= 0.3 is 0 Å². The molecule has 0 aliphatic carbocycles. The summed E-state index contributed by atoms with van der Waals surface area (Å²) in [6.07, 6.45) is 1.73. The third-order valence-electron chi connectivity index (χ3n) is 3.07. The van der Waals surface area contributed by atoms with Gasteiger partial charge in [-0.3, -0.25) is 9.48 Å². The van der Waals surface area contributed by atoms with Gasteiger partial charge < -0.3 is 5.32 Å². The molecule has 100 valence electrons. The molecule has 0 unspecified atom stereocenters. The maximum atomic E-state index is 13.7. The first-order chi connectivity index (χ1) is 9.65. The van der Waals surface area contributed by atoms with Gasteiger partial charge in [-0.1, -0.05) is 24.3 Å². The van der Waals surface area contributed by atoms with Crippen LogP contribution in [0.1, 0.15) is 10.4 Å². The van der Waals surface area contributed by atoms with Crippen LogP contribution in [-0.4, -0.2) is 15.7 Å². The summed E-state index contributed by atoms with van der Waals surface area (Å²) >= 11 is 0. The maximum absolute atomic E-state index is 13.7. The largest absolute Gasteiger partial charge is 0.305 e. The van der Waals surface area contributed by atoms with E-state index in [1.54, 1.807) is 48.3 Å². The predicted molar refractivity (Wildman–Crippen MR) is 75.1 cm³/mol. The summed E-state index contributed by atoms with van der Waals surface area (Å²) in [5, 5.41) is 7.80. The fourth-order valence-corrected chi connectivity index (χ4v) is 2.13. The third-order valence-corrected chi connectivity index (χ3v) is 3.07. The van der Waals surface area contributed by atoms with Crippen LogP contribution in [0, 0.1) is 5.82 Å². The summed E-state index contributed by atoms with van der Waals surface area (Å²) in [6, 6.07) is 11.4. The minimum atomic E-state index is -0.338. The van der Waals surface area contributed by atoms with Crippen LogP contribution in [-0.2, 0) is 7.05 Å². The Balaban J connectivity index is 2.01. The Labute approximate surface area is 114 Å². The molecule has 0 aliphatic rings. The smallest absolute Gasteiger partial charge is 0.257 e. The van der Waals surface area contributed by atoms with E-state index in [0.717, 1.165) is 0 Å². The van der Waals surface area contributed by atoms with Gasteiger partial charge in [-0.05, 0) is 17.5 Å². The molecular weight excluding hydrogens is 257 g/mol. The second-order valence-corrected chi connectivity index (χ2v) is 4.47. The van der Waals surface area contributed by atoms with E-state index >= 15 is 0 Å². The number of benzene rings is 2. The molecule has 4 nitrogen and oxygen atoms in total. The van der Waals surface area contributed by atoms with E-state index in [4.69, 9.17) is 0 Å². The molecule has 20 heavy (non-hydrogen) atoms. The first-order valence-electron chi connectivity index (χ1n) is 6.13. The molecule has 5 heteroatoms. The average Bonchev–Trinajstić information content (AvgIpc) is 2.84. The van der Waals surface area contributed by atoms with Gasteiger partial charge in [-0.2, -0.15) is 5.10 Å². The number of halogens is 1. The fourth-order valence-electron chi connectivity index (χ4n) is 2.13. The first-order valence-corrected chi connectivity index (χ1v) is 6.13. The minimum Gasteiger partial charge on any atom is -0.305 e. The van der Waals surface area contributed by atoms with Crippen molar-refractivity contribution in [2.75, 3.05) is 5.32 Å². The molecule has 0 fully saturated rings. The number of fused-ring (bicyclic) bond motifs is 1. The lowest BCUT2D eigenvalue weighted by atomic mass is 10.0. The summed E-state index contributed by atoms with van der Waals surface area (Å²) in [7, 11) is 1.77. The van der Waals surface area contributed by atoms with Crippen molar-refractivity contribution >= 4 is 22.5 Å². The maximum Gasteiger partial charge on any atom is 0.257 e. The quantitative estimate of drug-likeness (QED) is 0.777. The molecule has 1 aromatic heterocycles. The van der Waals surface area contributed by atoms with Gasteiger partial charge in [0.25, 0.3) is 5.91 Å². The molecule has 0 saturated heterocycles. The van der Waals surface area contributed by atoms with E-state index in [1.165, 1.54) is 12.1 Å². The molecule has 0 spiro atoms. The monoisotopic (exact) mass is 269 g/mol. The molecular formula is C15H12FN3O. The summed E-state index contributed by atoms with van der Waals surface area (Å²) in [5.41, 5.74) is 0.424. The molecule has 1 N–H and O–H groups in total. The summed E-state index contributed by atoms with van der Waals surface area (Å²) in [4.78, 5) is 12.3. The lowest BCUT2D eigenvalue weighted by molar-refractivity contribution is 0.102. The second-order valence-electron chi connectivity index (χ2n) is 4.47. The van der Waals surface area contributed by atoms with E-state index in [-0.39, 0.29) is 11.7 Å².